The molecule has 0 bridgehead atoms. The van der Waals surface area contributed by atoms with Gasteiger partial charge in [-0.3, -0.25) is 9.48 Å². The van der Waals surface area contributed by atoms with Crippen LogP contribution in [-0.4, -0.2) is 40.0 Å². The van der Waals surface area contributed by atoms with Gasteiger partial charge in [0.1, 0.15) is 18.5 Å². The lowest BCUT2D eigenvalue weighted by atomic mass is 10.2. The summed E-state index contributed by atoms with van der Waals surface area (Å²) in [4.78, 5) is 11.9. The fourth-order valence-corrected chi connectivity index (χ4v) is 1.85. The average Bonchev–Trinajstić information content (AvgIpc) is 2.86. The standard InChI is InChI=1S/C15H17F2N3O3/c1-9-12(7-19-20(9)2)15(22)18-6-10(21)8-23-11-3-4-13(16)14(17)5-11/h3-5,7,10,21H,6,8H2,1-2H3,(H,18,22). The number of nitrogens with one attached hydrogen (secondary N) is 1. The van der Waals surface area contributed by atoms with Crippen molar-refractivity contribution in [1.82, 2.24) is 15.1 Å². The van der Waals surface area contributed by atoms with E-state index < -0.39 is 17.7 Å². The van der Waals surface area contributed by atoms with E-state index in [1.165, 1.54) is 12.3 Å². The molecule has 6 nitrogen and oxygen atoms in total. The van der Waals surface area contributed by atoms with Gasteiger partial charge in [-0.05, 0) is 19.1 Å². The van der Waals surface area contributed by atoms with Gasteiger partial charge in [0.25, 0.3) is 5.91 Å². The summed E-state index contributed by atoms with van der Waals surface area (Å²) < 4.78 is 32.5. The maximum atomic E-state index is 13.0. The Morgan fingerprint density at radius 2 is 2.17 bits per heavy atom. The van der Waals surface area contributed by atoms with E-state index in [1.807, 2.05) is 0 Å². The third kappa shape index (κ3) is 4.26. The first-order valence-corrected chi connectivity index (χ1v) is 6.91. The van der Waals surface area contributed by atoms with Crippen molar-refractivity contribution in [2.45, 2.75) is 13.0 Å². The minimum atomic E-state index is -1.03. The van der Waals surface area contributed by atoms with Crippen molar-refractivity contribution in [1.29, 1.82) is 0 Å². The Kier molecular flexibility index (Phi) is 5.28. The van der Waals surface area contributed by atoms with Crippen molar-refractivity contribution in [3.8, 4) is 5.75 Å². The van der Waals surface area contributed by atoms with Crippen LogP contribution in [0, 0.1) is 18.6 Å². The Morgan fingerprint density at radius 1 is 1.43 bits per heavy atom. The molecule has 124 valence electrons. The van der Waals surface area contributed by atoms with Gasteiger partial charge in [-0.25, -0.2) is 8.78 Å². The molecule has 0 aliphatic rings. The van der Waals surface area contributed by atoms with Crippen LogP contribution in [0.25, 0.3) is 0 Å². The number of amides is 1. The zero-order chi connectivity index (χ0) is 17.0. The fraction of sp³-hybridized carbons (Fsp3) is 0.333. The van der Waals surface area contributed by atoms with E-state index in [-0.39, 0.29) is 24.8 Å². The van der Waals surface area contributed by atoms with Crippen LogP contribution in [0.4, 0.5) is 8.78 Å². The first kappa shape index (κ1) is 16.9. The van der Waals surface area contributed by atoms with Crippen LogP contribution in [0.3, 0.4) is 0 Å². The average molecular weight is 325 g/mol. The largest absolute Gasteiger partial charge is 0.491 e. The summed E-state index contributed by atoms with van der Waals surface area (Å²) in [5.74, 6) is -2.27. The molecule has 1 aromatic heterocycles. The first-order valence-electron chi connectivity index (χ1n) is 6.91. The second-order valence-electron chi connectivity index (χ2n) is 5.02. The van der Waals surface area contributed by atoms with E-state index >= 15 is 0 Å². The molecule has 0 spiro atoms. The van der Waals surface area contributed by atoms with Gasteiger partial charge >= 0.3 is 0 Å². The smallest absolute Gasteiger partial charge is 0.254 e. The Bertz CT molecular complexity index is 703. The molecule has 0 saturated heterocycles. The first-order chi connectivity index (χ1) is 10.9. The van der Waals surface area contributed by atoms with Crippen LogP contribution in [0.2, 0.25) is 0 Å². The summed E-state index contributed by atoms with van der Waals surface area (Å²) in [6.07, 6.45) is 0.443. The molecule has 2 rings (SSSR count). The van der Waals surface area contributed by atoms with Crippen molar-refractivity contribution in [3.63, 3.8) is 0 Å². The molecule has 1 aromatic carbocycles. The van der Waals surface area contributed by atoms with E-state index in [1.54, 1.807) is 18.7 Å². The summed E-state index contributed by atoms with van der Waals surface area (Å²) in [6, 6.07) is 3.08. The number of aliphatic hydroxyl groups excluding tert-OH is 1. The van der Waals surface area contributed by atoms with Gasteiger partial charge in [0.05, 0.1) is 11.8 Å². The Balaban J connectivity index is 1.80. The lowest BCUT2D eigenvalue weighted by Crippen LogP contribution is -2.35. The molecular weight excluding hydrogens is 308 g/mol. The second kappa shape index (κ2) is 7.19. The lowest BCUT2D eigenvalue weighted by molar-refractivity contribution is 0.0842. The van der Waals surface area contributed by atoms with Gasteiger partial charge in [-0.2, -0.15) is 5.10 Å². The zero-order valence-corrected chi connectivity index (χ0v) is 12.7. The highest BCUT2D eigenvalue weighted by atomic mass is 19.2. The maximum absolute atomic E-state index is 13.0. The summed E-state index contributed by atoms with van der Waals surface area (Å²) in [6.45, 7) is 1.54. The number of aliphatic hydroxyl groups is 1. The van der Waals surface area contributed by atoms with Crippen LogP contribution in [0.1, 0.15) is 16.1 Å². The number of nitrogens with zero attached hydrogens (tertiary/aromatic N) is 2. The molecule has 0 saturated carbocycles. The van der Waals surface area contributed by atoms with Gasteiger partial charge in [0.2, 0.25) is 0 Å². The fourth-order valence-electron chi connectivity index (χ4n) is 1.85. The van der Waals surface area contributed by atoms with Gasteiger partial charge in [-0.1, -0.05) is 0 Å². The highest BCUT2D eigenvalue weighted by Crippen LogP contribution is 2.15. The van der Waals surface area contributed by atoms with Crippen molar-refractivity contribution < 1.29 is 23.4 Å². The molecule has 0 fully saturated rings. The number of aromatic nitrogens is 2. The summed E-state index contributed by atoms with van der Waals surface area (Å²) in [7, 11) is 1.72. The third-order valence-electron chi connectivity index (χ3n) is 3.31. The van der Waals surface area contributed by atoms with Crippen LogP contribution in [0.15, 0.2) is 24.4 Å². The predicted molar refractivity (Wildman–Crippen MR) is 78.1 cm³/mol. The van der Waals surface area contributed by atoms with E-state index in [4.69, 9.17) is 4.74 Å². The molecule has 8 heteroatoms. The highest BCUT2D eigenvalue weighted by Gasteiger charge is 2.14. The molecule has 1 amide bonds. The highest BCUT2D eigenvalue weighted by molar-refractivity contribution is 5.95. The number of carbonyl (C=O) groups excluding carboxylic acids is 1. The quantitative estimate of drug-likeness (QED) is 0.836. The van der Waals surface area contributed by atoms with Crippen molar-refractivity contribution in [2.75, 3.05) is 13.2 Å². The monoisotopic (exact) mass is 325 g/mol. The lowest BCUT2D eigenvalue weighted by Gasteiger charge is -2.13. The van der Waals surface area contributed by atoms with E-state index in [2.05, 4.69) is 10.4 Å². The predicted octanol–water partition coefficient (Wildman–Crippen LogP) is 1.18. The molecule has 2 N–H and O–H groups in total. The summed E-state index contributed by atoms with van der Waals surface area (Å²) in [5, 5.41) is 16.3. The van der Waals surface area contributed by atoms with Gasteiger partial charge < -0.3 is 15.2 Å². The molecule has 1 unspecified atom stereocenters. The zero-order valence-electron chi connectivity index (χ0n) is 12.7. The number of benzene rings is 1. The number of rotatable bonds is 6. The third-order valence-corrected chi connectivity index (χ3v) is 3.31. The summed E-state index contributed by atoms with van der Waals surface area (Å²) >= 11 is 0. The minimum absolute atomic E-state index is 0.0448. The molecule has 0 radical (unpaired) electrons. The van der Waals surface area contributed by atoms with Crippen LogP contribution in [0.5, 0.6) is 5.75 Å². The minimum Gasteiger partial charge on any atom is -0.491 e. The van der Waals surface area contributed by atoms with Crippen molar-refractivity contribution in [3.05, 3.63) is 47.3 Å². The molecule has 1 heterocycles. The molecule has 0 aliphatic carbocycles. The molecule has 2 aromatic rings. The molecule has 0 aliphatic heterocycles. The van der Waals surface area contributed by atoms with E-state index in [0.29, 0.717) is 11.3 Å². The van der Waals surface area contributed by atoms with Gasteiger partial charge in [0.15, 0.2) is 11.6 Å². The van der Waals surface area contributed by atoms with E-state index in [9.17, 15) is 18.7 Å². The number of hydrogen-bond acceptors (Lipinski definition) is 4. The van der Waals surface area contributed by atoms with Crippen LogP contribution >= 0.6 is 0 Å². The molecule has 1 atom stereocenters. The Hall–Kier alpha value is -2.48. The summed E-state index contributed by atoms with van der Waals surface area (Å²) in [5.41, 5.74) is 1.12. The Morgan fingerprint density at radius 3 is 2.78 bits per heavy atom. The number of aryl methyl sites for hydroxylation is 1. The van der Waals surface area contributed by atoms with Crippen molar-refractivity contribution >= 4 is 5.91 Å². The van der Waals surface area contributed by atoms with Crippen LogP contribution in [-0.2, 0) is 7.05 Å². The maximum Gasteiger partial charge on any atom is 0.254 e. The molecular formula is C15H17F2N3O3. The topological polar surface area (TPSA) is 76.4 Å². The number of ether oxygens (including phenoxy) is 1. The van der Waals surface area contributed by atoms with Gasteiger partial charge in [-0.15, -0.1) is 0 Å². The number of hydrogen-bond donors (Lipinski definition) is 2. The number of carbonyl (C=O) groups is 1. The molecule has 23 heavy (non-hydrogen) atoms. The van der Waals surface area contributed by atoms with Gasteiger partial charge in [0, 0.05) is 25.4 Å². The second-order valence-corrected chi connectivity index (χ2v) is 5.02. The SMILES string of the molecule is Cc1c(C(=O)NCC(O)COc2ccc(F)c(F)c2)cnn1C. The van der Waals surface area contributed by atoms with E-state index in [0.717, 1.165) is 12.1 Å². The Labute approximate surface area is 131 Å². The van der Waals surface area contributed by atoms with Crippen molar-refractivity contribution in [2.24, 2.45) is 7.05 Å². The normalized spacial score (nSPS) is 12.0. The number of halogens is 2. The van der Waals surface area contributed by atoms with Crippen LogP contribution < -0.4 is 10.1 Å².